The zero-order valence-corrected chi connectivity index (χ0v) is 11.1. The summed E-state index contributed by atoms with van der Waals surface area (Å²) in [5, 5.41) is 3.61. The third-order valence-electron chi connectivity index (χ3n) is 3.66. The molecule has 94 valence electrons. The van der Waals surface area contributed by atoms with Crippen LogP contribution in [-0.2, 0) is 6.42 Å². The summed E-state index contributed by atoms with van der Waals surface area (Å²) in [6, 6.07) is 7.05. The fourth-order valence-electron chi connectivity index (χ4n) is 2.71. The molecule has 2 atom stereocenters. The molecule has 0 bridgehead atoms. The predicted molar refractivity (Wildman–Crippen MR) is 71.6 cm³/mol. The van der Waals surface area contributed by atoms with Crippen LogP contribution in [0.3, 0.4) is 0 Å². The number of aryl methyl sites for hydroxylation is 1. The van der Waals surface area contributed by atoms with Crippen LogP contribution < -0.4 is 10.1 Å². The Morgan fingerprint density at radius 3 is 2.94 bits per heavy atom. The van der Waals surface area contributed by atoms with E-state index < -0.39 is 0 Å². The van der Waals surface area contributed by atoms with E-state index in [0.29, 0.717) is 6.04 Å². The van der Waals surface area contributed by atoms with E-state index in [1.807, 2.05) is 0 Å². The van der Waals surface area contributed by atoms with E-state index in [4.69, 9.17) is 4.74 Å². The first-order valence-electron chi connectivity index (χ1n) is 6.56. The zero-order chi connectivity index (χ0) is 12.3. The van der Waals surface area contributed by atoms with Crippen LogP contribution in [0.2, 0.25) is 0 Å². The van der Waals surface area contributed by atoms with Gasteiger partial charge in [0.1, 0.15) is 5.75 Å². The van der Waals surface area contributed by atoms with Crippen LogP contribution in [0.1, 0.15) is 30.9 Å². The molecule has 0 amide bonds. The number of rotatable bonds is 3. The lowest BCUT2D eigenvalue weighted by Gasteiger charge is -2.28. The van der Waals surface area contributed by atoms with Crippen LogP contribution in [0.4, 0.5) is 0 Å². The zero-order valence-electron chi connectivity index (χ0n) is 11.1. The second-order valence-corrected chi connectivity index (χ2v) is 5.30. The summed E-state index contributed by atoms with van der Waals surface area (Å²) < 4.78 is 5.44. The molecule has 1 aliphatic rings. The van der Waals surface area contributed by atoms with Crippen LogP contribution in [0, 0.1) is 12.8 Å². The fourth-order valence-corrected chi connectivity index (χ4v) is 2.71. The molecule has 2 heteroatoms. The van der Waals surface area contributed by atoms with E-state index in [1.165, 1.54) is 24.0 Å². The van der Waals surface area contributed by atoms with Gasteiger partial charge in [-0.2, -0.15) is 0 Å². The first kappa shape index (κ1) is 12.4. The van der Waals surface area contributed by atoms with Crippen LogP contribution in [0.25, 0.3) is 0 Å². The van der Waals surface area contributed by atoms with Crippen LogP contribution in [0.15, 0.2) is 18.2 Å². The molecule has 1 aliphatic heterocycles. The minimum Gasteiger partial charge on any atom is -0.496 e. The molecule has 1 N–H and O–H groups in total. The second kappa shape index (κ2) is 5.54. The van der Waals surface area contributed by atoms with Gasteiger partial charge in [-0.3, -0.25) is 0 Å². The number of piperidine rings is 1. The average molecular weight is 233 g/mol. The van der Waals surface area contributed by atoms with Crippen LogP contribution in [0.5, 0.6) is 5.75 Å². The molecule has 0 radical (unpaired) electrons. The van der Waals surface area contributed by atoms with Gasteiger partial charge < -0.3 is 10.1 Å². The van der Waals surface area contributed by atoms with E-state index in [1.54, 1.807) is 7.11 Å². The topological polar surface area (TPSA) is 21.3 Å². The predicted octanol–water partition coefficient (Wildman–Crippen LogP) is 2.93. The molecule has 1 aromatic carbocycles. The summed E-state index contributed by atoms with van der Waals surface area (Å²) in [4.78, 5) is 0. The molecule has 0 aromatic heterocycles. The Hall–Kier alpha value is -1.02. The largest absolute Gasteiger partial charge is 0.496 e. The fraction of sp³-hybridized carbons (Fsp3) is 0.600. The summed E-state index contributed by atoms with van der Waals surface area (Å²) in [6.45, 7) is 5.64. The molecular formula is C15H23NO. The molecule has 2 unspecified atom stereocenters. The van der Waals surface area contributed by atoms with Crippen molar-refractivity contribution in [3.63, 3.8) is 0 Å². The summed E-state index contributed by atoms with van der Waals surface area (Å²) in [5.41, 5.74) is 2.64. The van der Waals surface area contributed by atoms with Crippen molar-refractivity contribution in [3.05, 3.63) is 29.3 Å². The highest BCUT2D eigenvalue weighted by Gasteiger charge is 2.19. The normalized spacial score (nSPS) is 24.6. The van der Waals surface area contributed by atoms with E-state index in [0.717, 1.165) is 24.6 Å². The van der Waals surface area contributed by atoms with Gasteiger partial charge in [0.2, 0.25) is 0 Å². The van der Waals surface area contributed by atoms with Gasteiger partial charge >= 0.3 is 0 Å². The number of methoxy groups -OCH3 is 1. The lowest BCUT2D eigenvalue weighted by atomic mass is 9.90. The summed E-state index contributed by atoms with van der Waals surface area (Å²) in [5.74, 6) is 1.87. The van der Waals surface area contributed by atoms with Crippen LogP contribution >= 0.6 is 0 Å². The van der Waals surface area contributed by atoms with E-state index in [9.17, 15) is 0 Å². The first-order chi connectivity index (χ1) is 8.19. The van der Waals surface area contributed by atoms with Gasteiger partial charge in [0.25, 0.3) is 0 Å². The van der Waals surface area contributed by atoms with Crippen molar-refractivity contribution in [2.45, 2.75) is 39.2 Å². The Morgan fingerprint density at radius 1 is 1.41 bits per heavy atom. The van der Waals surface area contributed by atoms with Gasteiger partial charge in [0.05, 0.1) is 7.11 Å². The monoisotopic (exact) mass is 233 g/mol. The SMILES string of the molecule is COc1ccc(C)cc1CC1CC(C)CCN1. The van der Waals surface area contributed by atoms with Crippen molar-refractivity contribution < 1.29 is 4.74 Å². The first-order valence-corrected chi connectivity index (χ1v) is 6.56. The van der Waals surface area contributed by atoms with E-state index in [2.05, 4.69) is 37.4 Å². The van der Waals surface area contributed by atoms with Crippen molar-refractivity contribution in [2.75, 3.05) is 13.7 Å². The number of hydrogen-bond donors (Lipinski definition) is 1. The Labute approximate surface area is 104 Å². The van der Waals surface area contributed by atoms with Crippen molar-refractivity contribution in [3.8, 4) is 5.75 Å². The molecule has 2 rings (SSSR count). The Balaban J connectivity index is 2.08. The average Bonchev–Trinajstić information content (AvgIpc) is 2.29. The standard InChI is InChI=1S/C15H23NO/c1-11-4-5-15(17-3)13(8-11)10-14-9-12(2)6-7-16-14/h4-5,8,12,14,16H,6-7,9-10H2,1-3H3. The van der Waals surface area contributed by atoms with Crippen molar-refractivity contribution in [1.29, 1.82) is 0 Å². The minimum absolute atomic E-state index is 0.606. The summed E-state index contributed by atoms with van der Waals surface area (Å²) >= 11 is 0. The third-order valence-corrected chi connectivity index (χ3v) is 3.66. The van der Waals surface area contributed by atoms with Gasteiger partial charge in [-0.25, -0.2) is 0 Å². The summed E-state index contributed by atoms with van der Waals surface area (Å²) in [7, 11) is 1.76. The van der Waals surface area contributed by atoms with Gasteiger partial charge in [-0.05, 0) is 50.3 Å². The van der Waals surface area contributed by atoms with Crippen molar-refractivity contribution >= 4 is 0 Å². The number of nitrogens with one attached hydrogen (secondary N) is 1. The number of benzene rings is 1. The van der Waals surface area contributed by atoms with Gasteiger partial charge in [0, 0.05) is 6.04 Å². The van der Waals surface area contributed by atoms with E-state index in [-0.39, 0.29) is 0 Å². The number of ether oxygens (including phenoxy) is 1. The molecule has 1 fully saturated rings. The molecule has 1 aromatic rings. The second-order valence-electron chi connectivity index (χ2n) is 5.30. The highest BCUT2D eigenvalue weighted by atomic mass is 16.5. The lowest BCUT2D eigenvalue weighted by Crippen LogP contribution is -2.38. The molecule has 2 nitrogen and oxygen atoms in total. The highest BCUT2D eigenvalue weighted by molar-refractivity contribution is 5.37. The molecule has 0 spiro atoms. The van der Waals surface area contributed by atoms with Crippen LogP contribution in [-0.4, -0.2) is 19.7 Å². The number of hydrogen-bond acceptors (Lipinski definition) is 2. The molecule has 0 aliphatic carbocycles. The smallest absolute Gasteiger partial charge is 0.122 e. The third kappa shape index (κ3) is 3.22. The maximum Gasteiger partial charge on any atom is 0.122 e. The van der Waals surface area contributed by atoms with E-state index >= 15 is 0 Å². The molecule has 0 saturated carbocycles. The molecule has 1 saturated heterocycles. The lowest BCUT2D eigenvalue weighted by molar-refractivity contribution is 0.315. The maximum atomic E-state index is 5.44. The summed E-state index contributed by atoms with van der Waals surface area (Å²) in [6.07, 6.45) is 3.66. The van der Waals surface area contributed by atoms with Crippen molar-refractivity contribution in [2.24, 2.45) is 5.92 Å². The van der Waals surface area contributed by atoms with Gasteiger partial charge in [-0.15, -0.1) is 0 Å². The maximum absolute atomic E-state index is 5.44. The minimum atomic E-state index is 0.606. The van der Waals surface area contributed by atoms with Gasteiger partial charge in [0.15, 0.2) is 0 Å². The Kier molecular flexibility index (Phi) is 4.06. The molecule has 17 heavy (non-hydrogen) atoms. The van der Waals surface area contributed by atoms with Crippen molar-refractivity contribution in [1.82, 2.24) is 5.32 Å². The Bertz CT molecular complexity index is 375. The molecular weight excluding hydrogens is 210 g/mol. The van der Waals surface area contributed by atoms with Gasteiger partial charge in [-0.1, -0.05) is 24.6 Å². The Morgan fingerprint density at radius 2 is 2.24 bits per heavy atom. The molecule has 1 heterocycles. The highest BCUT2D eigenvalue weighted by Crippen LogP contribution is 2.24. The quantitative estimate of drug-likeness (QED) is 0.866.